The van der Waals surface area contributed by atoms with Gasteiger partial charge in [-0.15, -0.1) is 6.58 Å². The van der Waals surface area contributed by atoms with E-state index in [4.69, 9.17) is 4.74 Å². The molecule has 3 heteroatoms. The Morgan fingerprint density at radius 2 is 2.05 bits per heavy atom. The topological polar surface area (TPSA) is 38.3 Å². The van der Waals surface area contributed by atoms with Gasteiger partial charge < -0.3 is 10.1 Å². The van der Waals surface area contributed by atoms with Crippen LogP contribution in [-0.4, -0.2) is 18.6 Å². The van der Waals surface area contributed by atoms with E-state index in [-0.39, 0.29) is 5.91 Å². The minimum absolute atomic E-state index is 0.0716. The van der Waals surface area contributed by atoms with Gasteiger partial charge in [0.05, 0.1) is 0 Å². The van der Waals surface area contributed by atoms with Gasteiger partial charge in [-0.25, -0.2) is 0 Å². The van der Waals surface area contributed by atoms with Gasteiger partial charge in [-0.2, -0.15) is 0 Å². The number of hydrogen-bond acceptors (Lipinski definition) is 2. The molecule has 1 N–H and O–H groups in total. The van der Waals surface area contributed by atoms with Crippen LogP contribution in [0.3, 0.4) is 0 Å². The lowest BCUT2D eigenvalue weighted by Crippen LogP contribution is -2.40. The molecule has 1 atom stereocenters. The molecule has 22 heavy (non-hydrogen) atoms. The first-order valence-electron chi connectivity index (χ1n) is 7.51. The minimum atomic E-state index is -0.407. The van der Waals surface area contributed by atoms with Gasteiger partial charge in [0, 0.05) is 6.54 Å². The number of nitrogens with one attached hydrogen (secondary N) is 1. The summed E-state index contributed by atoms with van der Waals surface area (Å²) < 4.78 is 5.84. The van der Waals surface area contributed by atoms with Crippen molar-refractivity contribution in [1.29, 1.82) is 0 Å². The molecule has 0 aliphatic carbocycles. The number of aryl methyl sites for hydroxylation is 1. The van der Waals surface area contributed by atoms with Crippen molar-refractivity contribution in [2.45, 2.75) is 18.9 Å². The summed E-state index contributed by atoms with van der Waals surface area (Å²) in [6.07, 6.45) is 2.81. The zero-order valence-corrected chi connectivity index (χ0v) is 12.4. The molecule has 0 saturated carbocycles. The molecule has 1 amide bonds. The molecule has 0 bridgehead atoms. The van der Waals surface area contributed by atoms with Crippen molar-refractivity contribution in [3.63, 3.8) is 0 Å². The van der Waals surface area contributed by atoms with Crippen molar-refractivity contribution in [3.05, 3.63) is 66.7 Å². The summed E-state index contributed by atoms with van der Waals surface area (Å²) in [5.74, 6) is 0.738. The number of carbonyl (C=O) groups excluding carboxylic acids is 1. The SMILES string of the molecule is C=CCNC(=O)C1CCc2cc(-c3ccccc3)ccc2O1. The number of fused-ring (bicyclic) bond motifs is 1. The van der Waals surface area contributed by atoms with Crippen LogP contribution in [0.25, 0.3) is 11.1 Å². The van der Waals surface area contributed by atoms with Crippen LogP contribution in [0, 0.1) is 0 Å². The molecule has 2 aromatic rings. The van der Waals surface area contributed by atoms with Crippen LogP contribution in [0.2, 0.25) is 0 Å². The fourth-order valence-electron chi connectivity index (χ4n) is 2.67. The van der Waals surface area contributed by atoms with E-state index in [1.807, 2.05) is 30.3 Å². The van der Waals surface area contributed by atoms with Crippen molar-refractivity contribution in [2.24, 2.45) is 0 Å². The number of amides is 1. The molecule has 0 saturated heterocycles. The molecule has 0 radical (unpaired) electrons. The first-order valence-corrected chi connectivity index (χ1v) is 7.51. The summed E-state index contributed by atoms with van der Waals surface area (Å²) in [5, 5.41) is 2.79. The Balaban J connectivity index is 1.77. The third kappa shape index (κ3) is 3.03. The third-order valence-corrected chi connectivity index (χ3v) is 3.83. The van der Waals surface area contributed by atoms with Gasteiger partial charge in [0.15, 0.2) is 6.10 Å². The van der Waals surface area contributed by atoms with E-state index in [1.54, 1.807) is 6.08 Å². The summed E-state index contributed by atoms with van der Waals surface area (Å²) in [5.41, 5.74) is 3.53. The number of hydrogen-bond donors (Lipinski definition) is 1. The van der Waals surface area contributed by atoms with Crippen LogP contribution in [0.4, 0.5) is 0 Å². The van der Waals surface area contributed by atoms with Gasteiger partial charge in [0.1, 0.15) is 5.75 Å². The van der Waals surface area contributed by atoms with Crippen LogP contribution < -0.4 is 10.1 Å². The van der Waals surface area contributed by atoms with Crippen LogP contribution >= 0.6 is 0 Å². The predicted octanol–water partition coefficient (Wildman–Crippen LogP) is 3.35. The molecular weight excluding hydrogens is 274 g/mol. The Morgan fingerprint density at radius 3 is 2.82 bits per heavy atom. The zero-order chi connectivity index (χ0) is 15.4. The summed E-state index contributed by atoms with van der Waals surface area (Å²) in [6, 6.07) is 16.4. The van der Waals surface area contributed by atoms with Gasteiger partial charge in [-0.3, -0.25) is 4.79 Å². The maximum atomic E-state index is 12.0. The Morgan fingerprint density at radius 1 is 1.23 bits per heavy atom. The second-order valence-electron chi connectivity index (χ2n) is 5.37. The summed E-state index contributed by atoms with van der Waals surface area (Å²) in [6.45, 7) is 4.07. The van der Waals surface area contributed by atoms with Gasteiger partial charge in [-0.05, 0) is 41.7 Å². The summed E-state index contributed by atoms with van der Waals surface area (Å²) >= 11 is 0. The molecule has 0 aromatic heterocycles. The number of ether oxygens (including phenoxy) is 1. The fraction of sp³-hybridized carbons (Fsp3) is 0.211. The van der Waals surface area contributed by atoms with Gasteiger partial charge in [0.2, 0.25) is 0 Å². The van der Waals surface area contributed by atoms with Crippen molar-refractivity contribution in [1.82, 2.24) is 5.32 Å². The minimum Gasteiger partial charge on any atom is -0.480 e. The molecule has 0 spiro atoms. The smallest absolute Gasteiger partial charge is 0.261 e. The monoisotopic (exact) mass is 293 g/mol. The molecule has 2 aromatic carbocycles. The Hall–Kier alpha value is -2.55. The number of rotatable bonds is 4. The van der Waals surface area contributed by atoms with E-state index in [0.29, 0.717) is 13.0 Å². The maximum Gasteiger partial charge on any atom is 0.261 e. The highest BCUT2D eigenvalue weighted by Crippen LogP contribution is 2.32. The lowest BCUT2D eigenvalue weighted by Gasteiger charge is -2.25. The van der Waals surface area contributed by atoms with E-state index in [2.05, 4.69) is 30.1 Å². The average Bonchev–Trinajstić information content (AvgIpc) is 2.59. The number of benzene rings is 2. The van der Waals surface area contributed by atoms with E-state index >= 15 is 0 Å². The van der Waals surface area contributed by atoms with E-state index in [1.165, 1.54) is 11.1 Å². The molecule has 1 heterocycles. The average molecular weight is 293 g/mol. The van der Waals surface area contributed by atoms with Crippen molar-refractivity contribution in [3.8, 4) is 16.9 Å². The molecule has 1 aliphatic rings. The molecule has 3 rings (SSSR count). The van der Waals surface area contributed by atoms with E-state index in [9.17, 15) is 4.79 Å². The molecule has 1 aliphatic heterocycles. The highest BCUT2D eigenvalue weighted by atomic mass is 16.5. The molecule has 3 nitrogen and oxygen atoms in total. The van der Waals surface area contributed by atoms with Crippen LogP contribution in [-0.2, 0) is 11.2 Å². The Bertz CT molecular complexity index is 679. The van der Waals surface area contributed by atoms with Crippen LogP contribution in [0.15, 0.2) is 61.2 Å². The normalized spacial score (nSPS) is 16.3. The molecular formula is C19H19NO2. The lowest BCUT2D eigenvalue weighted by molar-refractivity contribution is -0.128. The maximum absolute atomic E-state index is 12.0. The van der Waals surface area contributed by atoms with Gasteiger partial charge >= 0.3 is 0 Å². The Labute approximate surface area is 130 Å². The quantitative estimate of drug-likeness (QED) is 0.878. The lowest BCUT2D eigenvalue weighted by atomic mass is 9.97. The highest BCUT2D eigenvalue weighted by molar-refractivity contribution is 5.81. The van der Waals surface area contributed by atoms with E-state index in [0.717, 1.165) is 17.7 Å². The second-order valence-corrected chi connectivity index (χ2v) is 5.37. The highest BCUT2D eigenvalue weighted by Gasteiger charge is 2.25. The first kappa shape index (κ1) is 14.4. The summed E-state index contributed by atoms with van der Waals surface area (Å²) in [4.78, 5) is 12.0. The van der Waals surface area contributed by atoms with Crippen LogP contribution in [0.1, 0.15) is 12.0 Å². The van der Waals surface area contributed by atoms with Crippen molar-refractivity contribution >= 4 is 5.91 Å². The predicted molar refractivity (Wildman–Crippen MR) is 87.8 cm³/mol. The summed E-state index contributed by atoms with van der Waals surface area (Å²) in [7, 11) is 0. The van der Waals surface area contributed by atoms with Gasteiger partial charge in [0.25, 0.3) is 5.91 Å². The zero-order valence-electron chi connectivity index (χ0n) is 12.4. The number of carbonyl (C=O) groups is 1. The standard InChI is InChI=1S/C19H19NO2/c1-2-12-20-19(21)18-11-9-16-13-15(8-10-17(16)22-18)14-6-4-3-5-7-14/h2-8,10,13,18H,1,9,11-12H2,(H,20,21). The van der Waals surface area contributed by atoms with Crippen molar-refractivity contribution < 1.29 is 9.53 Å². The molecule has 1 unspecified atom stereocenters. The van der Waals surface area contributed by atoms with Crippen molar-refractivity contribution in [2.75, 3.05) is 6.54 Å². The van der Waals surface area contributed by atoms with Gasteiger partial charge in [-0.1, -0.05) is 42.5 Å². The van der Waals surface area contributed by atoms with E-state index < -0.39 is 6.10 Å². The molecule has 0 fully saturated rings. The first-order chi connectivity index (χ1) is 10.8. The third-order valence-electron chi connectivity index (χ3n) is 3.83. The Kier molecular flexibility index (Phi) is 4.24. The molecule has 112 valence electrons. The fourth-order valence-corrected chi connectivity index (χ4v) is 2.67. The second kappa shape index (κ2) is 6.48. The largest absolute Gasteiger partial charge is 0.480 e. The van der Waals surface area contributed by atoms with Crippen LogP contribution in [0.5, 0.6) is 5.75 Å².